The molecule has 0 spiro atoms. The molecule has 0 saturated carbocycles. The van der Waals surface area contributed by atoms with E-state index < -0.39 is 0 Å². The van der Waals surface area contributed by atoms with Crippen LogP contribution < -0.4 is 5.32 Å². The lowest BCUT2D eigenvalue weighted by Gasteiger charge is -2.22. The largest absolute Gasteiger partial charge is 0.311 e. The lowest BCUT2D eigenvalue weighted by molar-refractivity contribution is -0.116. The van der Waals surface area contributed by atoms with Gasteiger partial charge in [0.1, 0.15) is 23.1 Å². The first-order valence-electron chi connectivity index (χ1n) is 9.48. The van der Waals surface area contributed by atoms with Crippen LogP contribution in [0, 0.1) is 11.6 Å². The van der Waals surface area contributed by atoms with Gasteiger partial charge in [-0.25, -0.2) is 18.1 Å². The molecular formula is C22H17F2N5O. The Morgan fingerprint density at radius 2 is 1.93 bits per heavy atom. The normalized spacial score (nSPS) is 15.7. The fraction of sp³-hybridized carbons (Fsp3) is 0.136. The Morgan fingerprint density at radius 3 is 2.77 bits per heavy atom. The van der Waals surface area contributed by atoms with Gasteiger partial charge in [0.15, 0.2) is 0 Å². The SMILES string of the molecule is O=C1CC(c2cnn(-c3ccccc3F)c2)c2cnn(Cc3cccc(F)c3)c2N1. The number of benzene rings is 2. The molecule has 6 nitrogen and oxygen atoms in total. The number of amides is 1. The van der Waals surface area contributed by atoms with Gasteiger partial charge in [0.25, 0.3) is 0 Å². The highest BCUT2D eigenvalue weighted by molar-refractivity contribution is 5.94. The highest BCUT2D eigenvalue weighted by Crippen LogP contribution is 2.37. The molecule has 0 radical (unpaired) electrons. The number of anilines is 1. The number of fused-ring (bicyclic) bond motifs is 1. The number of halogens is 2. The summed E-state index contributed by atoms with van der Waals surface area (Å²) < 4.78 is 30.7. The quantitative estimate of drug-likeness (QED) is 0.561. The maximum atomic E-state index is 14.1. The van der Waals surface area contributed by atoms with Crippen molar-refractivity contribution in [3.05, 3.63) is 95.4 Å². The highest BCUT2D eigenvalue weighted by atomic mass is 19.1. The molecular weight excluding hydrogens is 388 g/mol. The summed E-state index contributed by atoms with van der Waals surface area (Å²) in [7, 11) is 0. The van der Waals surface area contributed by atoms with E-state index in [0.717, 1.165) is 16.7 Å². The lowest BCUT2D eigenvalue weighted by Crippen LogP contribution is -2.25. The fourth-order valence-corrected chi connectivity index (χ4v) is 3.78. The molecule has 1 atom stereocenters. The lowest BCUT2D eigenvalue weighted by atomic mass is 9.89. The third-order valence-electron chi connectivity index (χ3n) is 5.22. The molecule has 1 aliphatic heterocycles. The van der Waals surface area contributed by atoms with Gasteiger partial charge in [0.2, 0.25) is 5.91 Å². The Balaban J connectivity index is 1.49. The first-order chi connectivity index (χ1) is 14.6. The number of aromatic nitrogens is 4. The third kappa shape index (κ3) is 3.26. The molecule has 5 rings (SSSR count). The molecule has 4 aromatic rings. The van der Waals surface area contributed by atoms with Gasteiger partial charge in [-0.3, -0.25) is 4.79 Å². The maximum Gasteiger partial charge on any atom is 0.226 e. The van der Waals surface area contributed by atoms with Gasteiger partial charge in [0, 0.05) is 24.1 Å². The van der Waals surface area contributed by atoms with Crippen LogP contribution >= 0.6 is 0 Å². The van der Waals surface area contributed by atoms with Gasteiger partial charge in [0.05, 0.1) is 18.9 Å². The monoisotopic (exact) mass is 405 g/mol. The Labute approximate surface area is 170 Å². The average molecular weight is 405 g/mol. The number of hydrogen-bond acceptors (Lipinski definition) is 3. The van der Waals surface area contributed by atoms with E-state index in [1.54, 1.807) is 53.6 Å². The van der Waals surface area contributed by atoms with Crippen LogP contribution in [0.1, 0.15) is 29.0 Å². The van der Waals surface area contributed by atoms with E-state index in [-0.39, 0.29) is 29.9 Å². The van der Waals surface area contributed by atoms with Crippen molar-refractivity contribution in [3.8, 4) is 5.69 Å². The van der Waals surface area contributed by atoms with E-state index in [2.05, 4.69) is 15.5 Å². The number of carbonyl (C=O) groups excluding carboxylic acids is 1. The minimum atomic E-state index is -0.378. The summed E-state index contributed by atoms with van der Waals surface area (Å²) in [4.78, 5) is 12.4. The molecule has 1 aliphatic rings. The molecule has 2 aromatic heterocycles. The van der Waals surface area contributed by atoms with Crippen molar-refractivity contribution in [3.63, 3.8) is 0 Å². The highest BCUT2D eigenvalue weighted by Gasteiger charge is 2.31. The summed E-state index contributed by atoms with van der Waals surface area (Å²) in [5.74, 6) is -0.519. The molecule has 0 bridgehead atoms. The van der Waals surface area contributed by atoms with E-state index >= 15 is 0 Å². The van der Waals surface area contributed by atoms with E-state index in [9.17, 15) is 13.6 Å². The first kappa shape index (κ1) is 18.2. The molecule has 1 amide bonds. The molecule has 0 aliphatic carbocycles. The molecule has 8 heteroatoms. The minimum absolute atomic E-state index is 0.146. The Morgan fingerprint density at radius 1 is 1.07 bits per heavy atom. The number of nitrogens with zero attached hydrogens (tertiary/aromatic N) is 4. The van der Waals surface area contributed by atoms with Crippen LogP contribution in [0.5, 0.6) is 0 Å². The zero-order valence-corrected chi connectivity index (χ0v) is 15.8. The minimum Gasteiger partial charge on any atom is -0.311 e. The van der Waals surface area contributed by atoms with Crippen LogP contribution in [0.15, 0.2) is 67.1 Å². The van der Waals surface area contributed by atoms with Gasteiger partial charge in [-0.2, -0.15) is 10.2 Å². The van der Waals surface area contributed by atoms with Crippen LogP contribution in [-0.2, 0) is 11.3 Å². The van der Waals surface area contributed by atoms with Gasteiger partial charge in [-0.15, -0.1) is 0 Å². The maximum absolute atomic E-state index is 14.1. The zero-order valence-electron chi connectivity index (χ0n) is 15.8. The van der Waals surface area contributed by atoms with E-state index in [4.69, 9.17) is 0 Å². The van der Waals surface area contributed by atoms with E-state index in [1.165, 1.54) is 22.9 Å². The smallest absolute Gasteiger partial charge is 0.226 e. The van der Waals surface area contributed by atoms with Gasteiger partial charge < -0.3 is 5.32 Å². The molecule has 1 N–H and O–H groups in total. The van der Waals surface area contributed by atoms with Crippen molar-refractivity contribution in [1.29, 1.82) is 0 Å². The standard InChI is InChI=1S/C22H17F2N5O/c23-16-5-3-4-14(8-16)12-29-22-18(11-26-29)17(9-21(30)27-22)15-10-25-28(13-15)20-7-2-1-6-19(20)24/h1-8,10-11,13,17H,9,12H2,(H,27,30). The van der Waals surface area contributed by atoms with Crippen molar-refractivity contribution >= 4 is 11.7 Å². The third-order valence-corrected chi connectivity index (χ3v) is 5.22. The topological polar surface area (TPSA) is 64.7 Å². The first-order valence-corrected chi connectivity index (χ1v) is 9.48. The van der Waals surface area contributed by atoms with Gasteiger partial charge in [-0.1, -0.05) is 24.3 Å². The van der Waals surface area contributed by atoms with Crippen LogP contribution in [0.3, 0.4) is 0 Å². The second kappa shape index (κ2) is 7.22. The van der Waals surface area contributed by atoms with Crippen molar-refractivity contribution in [1.82, 2.24) is 19.6 Å². The molecule has 1 unspecified atom stereocenters. The number of nitrogens with one attached hydrogen (secondary N) is 1. The number of para-hydroxylation sites is 1. The second-order valence-corrected chi connectivity index (χ2v) is 7.21. The molecule has 0 saturated heterocycles. The molecule has 3 heterocycles. The summed E-state index contributed by atoms with van der Waals surface area (Å²) in [5, 5.41) is 11.6. The Kier molecular flexibility index (Phi) is 4.39. The second-order valence-electron chi connectivity index (χ2n) is 7.21. The number of hydrogen-bond donors (Lipinski definition) is 1. The van der Waals surface area contributed by atoms with Crippen molar-refractivity contribution < 1.29 is 13.6 Å². The predicted octanol–water partition coefficient (Wildman–Crippen LogP) is 3.87. The summed E-state index contributed by atoms with van der Waals surface area (Å²) in [6, 6.07) is 12.6. The summed E-state index contributed by atoms with van der Waals surface area (Å²) in [6.07, 6.45) is 5.32. The van der Waals surface area contributed by atoms with Gasteiger partial charge >= 0.3 is 0 Å². The van der Waals surface area contributed by atoms with Gasteiger partial charge in [-0.05, 0) is 35.4 Å². The van der Waals surface area contributed by atoms with Crippen LogP contribution in [-0.4, -0.2) is 25.5 Å². The molecule has 150 valence electrons. The summed E-state index contributed by atoms with van der Waals surface area (Å²) in [5.41, 5.74) is 2.72. The zero-order chi connectivity index (χ0) is 20.7. The predicted molar refractivity (Wildman–Crippen MR) is 106 cm³/mol. The molecule has 30 heavy (non-hydrogen) atoms. The van der Waals surface area contributed by atoms with Crippen LogP contribution in [0.4, 0.5) is 14.6 Å². The fourth-order valence-electron chi connectivity index (χ4n) is 3.78. The Bertz CT molecular complexity index is 1250. The molecule has 2 aromatic carbocycles. The van der Waals surface area contributed by atoms with Crippen molar-refractivity contribution in [2.24, 2.45) is 0 Å². The average Bonchev–Trinajstić information content (AvgIpc) is 3.36. The Hall–Kier alpha value is -3.81. The van der Waals surface area contributed by atoms with E-state index in [1.807, 2.05) is 0 Å². The van der Waals surface area contributed by atoms with E-state index in [0.29, 0.717) is 18.1 Å². The number of rotatable bonds is 4. The number of carbonyl (C=O) groups is 1. The van der Waals surface area contributed by atoms with Crippen molar-refractivity contribution in [2.75, 3.05) is 5.32 Å². The summed E-state index contributed by atoms with van der Waals surface area (Å²) >= 11 is 0. The van der Waals surface area contributed by atoms with Crippen molar-refractivity contribution in [2.45, 2.75) is 18.9 Å². The molecule has 0 fully saturated rings. The van der Waals surface area contributed by atoms with Crippen LogP contribution in [0.25, 0.3) is 5.69 Å². The van der Waals surface area contributed by atoms with Crippen LogP contribution in [0.2, 0.25) is 0 Å². The summed E-state index contributed by atoms with van der Waals surface area (Å²) in [6.45, 7) is 0.328.